The average Bonchev–Trinajstić information content (AvgIpc) is 2.46. The largest absolute Gasteiger partial charge is 0.483 e. The van der Waals surface area contributed by atoms with Crippen molar-refractivity contribution < 1.29 is 28.2 Å². The standard InChI is InChI=1S/C14H16BrF3O.CH2O2/c15-13-7-11(4-5-12(13)14(16,17)18)10-3-1-2-9(6-10)8-19;2-1-3/h4-5,7,9-10,19H,1-3,6,8H2;1H,(H,2,3). The van der Waals surface area contributed by atoms with Crippen LogP contribution in [0.2, 0.25) is 0 Å². The first-order chi connectivity index (χ1) is 10.3. The van der Waals surface area contributed by atoms with Gasteiger partial charge in [0, 0.05) is 11.1 Å². The molecule has 7 heteroatoms. The minimum atomic E-state index is -4.32. The van der Waals surface area contributed by atoms with Crippen LogP contribution < -0.4 is 0 Å². The molecule has 0 bridgehead atoms. The first-order valence-electron chi connectivity index (χ1n) is 6.88. The van der Waals surface area contributed by atoms with Crippen molar-refractivity contribution in [2.75, 3.05) is 6.61 Å². The Labute approximate surface area is 135 Å². The summed E-state index contributed by atoms with van der Waals surface area (Å²) < 4.78 is 38.1. The van der Waals surface area contributed by atoms with Gasteiger partial charge < -0.3 is 10.2 Å². The van der Waals surface area contributed by atoms with Crippen molar-refractivity contribution in [2.45, 2.75) is 37.8 Å². The molecule has 0 aromatic heterocycles. The molecule has 0 saturated heterocycles. The zero-order valence-corrected chi connectivity index (χ0v) is 13.4. The van der Waals surface area contributed by atoms with Gasteiger partial charge in [0.25, 0.3) is 6.47 Å². The van der Waals surface area contributed by atoms with Gasteiger partial charge in [-0.05, 0) is 48.8 Å². The number of halogens is 4. The fourth-order valence-electron chi connectivity index (χ4n) is 2.77. The molecule has 1 aliphatic carbocycles. The van der Waals surface area contributed by atoms with E-state index in [9.17, 15) is 18.3 Å². The highest BCUT2D eigenvalue weighted by Crippen LogP contribution is 2.40. The molecular formula is C15H18BrF3O3. The van der Waals surface area contributed by atoms with E-state index in [2.05, 4.69) is 15.9 Å². The van der Waals surface area contributed by atoms with Gasteiger partial charge in [-0.3, -0.25) is 4.79 Å². The van der Waals surface area contributed by atoms with Gasteiger partial charge in [0.2, 0.25) is 0 Å². The molecule has 2 N–H and O–H groups in total. The molecule has 1 aromatic rings. The predicted octanol–water partition coefficient (Wildman–Crippen LogP) is 4.43. The monoisotopic (exact) mass is 382 g/mol. The van der Waals surface area contributed by atoms with E-state index in [-0.39, 0.29) is 29.4 Å². The lowest BCUT2D eigenvalue weighted by Crippen LogP contribution is -2.17. The summed E-state index contributed by atoms with van der Waals surface area (Å²) in [5.41, 5.74) is 0.295. The maximum Gasteiger partial charge on any atom is 0.417 e. The second-order valence-electron chi connectivity index (χ2n) is 5.25. The second-order valence-corrected chi connectivity index (χ2v) is 6.11. The molecule has 22 heavy (non-hydrogen) atoms. The van der Waals surface area contributed by atoms with E-state index < -0.39 is 11.7 Å². The summed E-state index contributed by atoms with van der Waals surface area (Å²) in [5.74, 6) is 0.532. The van der Waals surface area contributed by atoms with Crippen molar-refractivity contribution >= 4 is 22.4 Å². The van der Waals surface area contributed by atoms with Crippen molar-refractivity contribution in [3.8, 4) is 0 Å². The summed E-state index contributed by atoms with van der Waals surface area (Å²) in [6.45, 7) is -0.0850. The fraction of sp³-hybridized carbons (Fsp3) is 0.533. The zero-order valence-electron chi connectivity index (χ0n) is 11.8. The molecule has 2 rings (SSSR count). The highest BCUT2D eigenvalue weighted by atomic mass is 79.9. The number of carbonyl (C=O) groups is 1. The SMILES string of the molecule is O=CO.OCC1CCCC(c2ccc(C(F)(F)F)c(Br)c2)C1. The van der Waals surface area contributed by atoms with Crippen LogP contribution in [0.4, 0.5) is 13.2 Å². The number of aliphatic hydroxyl groups excluding tert-OH is 1. The first kappa shape index (κ1) is 19.0. The van der Waals surface area contributed by atoms with Crippen molar-refractivity contribution in [1.29, 1.82) is 0 Å². The van der Waals surface area contributed by atoms with Crippen LogP contribution in [0.25, 0.3) is 0 Å². The molecule has 0 amide bonds. The minimum Gasteiger partial charge on any atom is -0.483 e. The highest BCUT2D eigenvalue weighted by molar-refractivity contribution is 9.10. The molecular weight excluding hydrogens is 365 g/mol. The third-order valence-corrected chi connectivity index (χ3v) is 4.47. The molecule has 0 spiro atoms. The van der Waals surface area contributed by atoms with E-state index in [1.165, 1.54) is 0 Å². The summed E-state index contributed by atoms with van der Waals surface area (Å²) >= 11 is 3.01. The number of aliphatic hydroxyl groups is 1. The third-order valence-electron chi connectivity index (χ3n) is 3.81. The molecule has 1 saturated carbocycles. The van der Waals surface area contributed by atoms with Crippen molar-refractivity contribution in [3.05, 3.63) is 33.8 Å². The molecule has 1 aliphatic rings. The van der Waals surface area contributed by atoms with Crippen LogP contribution in [0.5, 0.6) is 0 Å². The Morgan fingerprint density at radius 3 is 2.45 bits per heavy atom. The summed E-state index contributed by atoms with van der Waals surface area (Å²) in [5, 5.41) is 16.1. The lowest BCUT2D eigenvalue weighted by Gasteiger charge is -2.28. The molecule has 1 aromatic carbocycles. The topological polar surface area (TPSA) is 57.5 Å². The Balaban J connectivity index is 0.000000745. The molecule has 0 radical (unpaired) electrons. The predicted molar refractivity (Wildman–Crippen MR) is 79.6 cm³/mol. The molecule has 0 heterocycles. The number of hydrogen-bond acceptors (Lipinski definition) is 2. The maximum absolute atomic E-state index is 12.7. The smallest absolute Gasteiger partial charge is 0.417 e. The minimum absolute atomic E-state index is 0.101. The first-order valence-corrected chi connectivity index (χ1v) is 7.68. The number of hydrogen-bond donors (Lipinski definition) is 2. The highest BCUT2D eigenvalue weighted by Gasteiger charge is 2.33. The number of carboxylic acid groups (broad SMARTS) is 1. The summed E-state index contributed by atoms with van der Waals surface area (Å²) in [6, 6.07) is 4.28. The Kier molecular flexibility index (Phi) is 7.35. The maximum atomic E-state index is 12.7. The van der Waals surface area contributed by atoms with Gasteiger partial charge >= 0.3 is 6.18 Å². The van der Waals surface area contributed by atoms with E-state index in [0.717, 1.165) is 37.3 Å². The fourth-order valence-corrected chi connectivity index (χ4v) is 3.40. The average molecular weight is 383 g/mol. The Morgan fingerprint density at radius 1 is 1.32 bits per heavy atom. The zero-order chi connectivity index (χ0) is 16.8. The Bertz CT molecular complexity index is 491. The normalized spacial score (nSPS) is 21.7. The summed E-state index contributed by atoms with van der Waals surface area (Å²) in [7, 11) is 0. The number of alkyl halides is 3. The number of rotatable bonds is 2. The van der Waals surface area contributed by atoms with Gasteiger partial charge in [0.1, 0.15) is 0 Å². The van der Waals surface area contributed by atoms with Crippen LogP contribution in [0.3, 0.4) is 0 Å². The second kappa shape index (κ2) is 8.53. The lowest BCUT2D eigenvalue weighted by molar-refractivity contribution is -0.138. The van der Waals surface area contributed by atoms with E-state index in [1.54, 1.807) is 12.1 Å². The van der Waals surface area contributed by atoms with Crippen molar-refractivity contribution in [2.24, 2.45) is 5.92 Å². The molecule has 0 aliphatic heterocycles. The van der Waals surface area contributed by atoms with E-state index in [0.29, 0.717) is 0 Å². The van der Waals surface area contributed by atoms with E-state index >= 15 is 0 Å². The quantitative estimate of drug-likeness (QED) is 0.743. The van der Waals surface area contributed by atoms with Gasteiger partial charge in [0.05, 0.1) is 5.56 Å². The van der Waals surface area contributed by atoms with Crippen LogP contribution in [0, 0.1) is 5.92 Å². The van der Waals surface area contributed by atoms with Gasteiger partial charge in [-0.2, -0.15) is 13.2 Å². The molecule has 1 fully saturated rings. The van der Waals surface area contributed by atoms with Crippen LogP contribution in [0.15, 0.2) is 22.7 Å². The van der Waals surface area contributed by atoms with Crippen molar-refractivity contribution in [3.63, 3.8) is 0 Å². The summed E-state index contributed by atoms with van der Waals surface area (Å²) in [6.07, 6.45) is -0.455. The Morgan fingerprint density at radius 2 is 1.95 bits per heavy atom. The van der Waals surface area contributed by atoms with Crippen LogP contribution in [-0.4, -0.2) is 23.3 Å². The third kappa shape index (κ3) is 5.28. The number of benzene rings is 1. The van der Waals surface area contributed by atoms with Gasteiger partial charge in [-0.15, -0.1) is 0 Å². The molecule has 2 unspecified atom stereocenters. The molecule has 3 nitrogen and oxygen atoms in total. The van der Waals surface area contributed by atoms with Crippen LogP contribution in [0.1, 0.15) is 42.7 Å². The molecule has 124 valence electrons. The van der Waals surface area contributed by atoms with Crippen molar-refractivity contribution in [1.82, 2.24) is 0 Å². The van der Waals surface area contributed by atoms with Gasteiger partial charge in [-0.1, -0.05) is 28.4 Å². The lowest BCUT2D eigenvalue weighted by atomic mass is 9.78. The Hall–Kier alpha value is -1.08. The van der Waals surface area contributed by atoms with E-state index in [1.807, 2.05) is 0 Å². The van der Waals surface area contributed by atoms with E-state index in [4.69, 9.17) is 9.90 Å². The van der Waals surface area contributed by atoms with Crippen LogP contribution in [-0.2, 0) is 11.0 Å². The van der Waals surface area contributed by atoms with Gasteiger partial charge in [0.15, 0.2) is 0 Å². The molecule has 2 atom stereocenters. The summed E-state index contributed by atoms with van der Waals surface area (Å²) in [4.78, 5) is 8.36. The van der Waals surface area contributed by atoms with Gasteiger partial charge in [-0.25, -0.2) is 0 Å². The van der Waals surface area contributed by atoms with Crippen LogP contribution >= 0.6 is 15.9 Å².